The molecule has 18 heavy (non-hydrogen) atoms. The lowest BCUT2D eigenvalue weighted by Crippen LogP contribution is -2.11. The number of para-hydroxylation sites is 1. The van der Waals surface area contributed by atoms with Crippen molar-refractivity contribution in [3.63, 3.8) is 0 Å². The van der Waals surface area contributed by atoms with Crippen molar-refractivity contribution in [3.05, 3.63) is 36.5 Å². The van der Waals surface area contributed by atoms with Crippen molar-refractivity contribution in [3.8, 4) is 0 Å². The number of hydrogen-bond donors (Lipinski definition) is 0. The van der Waals surface area contributed by atoms with Crippen LogP contribution in [0.5, 0.6) is 0 Å². The van der Waals surface area contributed by atoms with E-state index in [1.165, 1.54) is 0 Å². The number of hydrogen-bond acceptors (Lipinski definition) is 4. The molecule has 0 bridgehead atoms. The van der Waals surface area contributed by atoms with Crippen molar-refractivity contribution >= 4 is 23.8 Å². The SMILES string of the molecule is CCOP(=O)(OCC)c1cnc2ccccc2c1. The monoisotopic (exact) mass is 265 g/mol. The van der Waals surface area contributed by atoms with Crippen molar-refractivity contribution in [1.29, 1.82) is 0 Å². The molecule has 1 aromatic heterocycles. The van der Waals surface area contributed by atoms with Gasteiger partial charge in [-0.05, 0) is 26.0 Å². The Kier molecular flexibility index (Phi) is 4.12. The molecule has 0 fully saturated rings. The summed E-state index contributed by atoms with van der Waals surface area (Å²) in [4.78, 5) is 4.28. The second-order valence-electron chi connectivity index (χ2n) is 3.72. The molecule has 2 aromatic rings. The third kappa shape index (κ3) is 2.61. The summed E-state index contributed by atoms with van der Waals surface area (Å²) in [5.74, 6) is 0. The van der Waals surface area contributed by atoms with Gasteiger partial charge in [-0.3, -0.25) is 9.55 Å². The molecule has 0 amide bonds. The average molecular weight is 265 g/mol. The Balaban J connectivity index is 2.47. The van der Waals surface area contributed by atoms with Gasteiger partial charge in [-0.2, -0.15) is 0 Å². The van der Waals surface area contributed by atoms with Crippen molar-refractivity contribution in [2.45, 2.75) is 13.8 Å². The van der Waals surface area contributed by atoms with Crippen LogP contribution in [-0.2, 0) is 13.6 Å². The molecule has 1 heterocycles. The van der Waals surface area contributed by atoms with E-state index in [1.807, 2.05) is 30.3 Å². The van der Waals surface area contributed by atoms with E-state index >= 15 is 0 Å². The second-order valence-corrected chi connectivity index (χ2v) is 5.75. The van der Waals surface area contributed by atoms with E-state index < -0.39 is 7.60 Å². The lowest BCUT2D eigenvalue weighted by Gasteiger charge is -2.17. The zero-order valence-electron chi connectivity index (χ0n) is 10.5. The van der Waals surface area contributed by atoms with Crippen molar-refractivity contribution < 1.29 is 13.6 Å². The Bertz CT molecular complexity index is 575. The van der Waals surface area contributed by atoms with Gasteiger partial charge in [-0.25, -0.2) is 0 Å². The fraction of sp³-hybridized carbons (Fsp3) is 0.308. The highest BCUT2D eigenvalue weighted by molar-refractivity contribution is 7.62. The van der Waals surface area contributed by atoms with Crippen LogP contribution in [0.4, 0.5) is 0 Å². The summed E-state index contributed by atoms with van der Waals surface area (Å²) in [7, 11) is -3.24. The molecule has 2 rings (SSSR count). The fourth-order valence-electron chi connectivity index (χ4n) is 1.74. The molecule has 0 atom stereocenters. The highest BCUT2D eigenvalue weighted by Gasteiger charge is 2.27. The lowest BCUT2D eigenvalue weighted by atomic mass is 10.2. The predicted molar refractivity (Wildman–Crippen MR) is 72.2 cm³/mol. The smallest absolute Gasteiger partial charge is 0.305 e. The molecule has 0 saturated carbocycles. The minimum absolute atomic E-state index is 0.337. The highest BCUT2D eigenvalue weighted by Crippen LogP contribution is 2.46. The van der Waals surface area contributed by atoms with Crippen LogP contribution >= 0.6 is 7.60 Å². The molecular weight excluding hydrogens is 249 g/mol. The first-order valence-electron chi connectivity index (χ1n) is 5.94. The molecular formula is C13H16NO3P. The van der Waals surface area contributed by atoms with Gasteiger partial charge in [0.25, 0.3) is 0 Å². The zero-order chi connectivity index (χ0) is 13.0. The van der Waals surface area contributed by atoms with E-state index in [4.69, 9.17) is 9.05 Å². The van der Waals surface area contributed by atoms with E-state index in [9.17, 15) is 4.57 Å². The molecule has 0 unspecified atom stereocenters. The van der Waals surface area contributed by atoms with Crippen molar-refractivity contribution in [2.24, 2.45) is 0 Å². The predicted octanol–water partition coefficient (Wildman–Crippen LogP) is 3.13. The molecule has 5 heteroatoms. The standard InChI is InChI=1S/C13H16NO3P/c1-3-16-18(15,17-4-2)12-9-11-7-5-6-8-13(11)14-10-12/h5-10H,3-4H2,1-2H3. The van der Waals surface area contributed by atoms with Crippen LogP contribution in [0, 0.1) is 0 Å². The van der Waals surface area contributed by atoms with E-state index in [0.717, 1.165) is 10.9 Å². The zero-order valence-corrected chi connectivity index (χ0v) is 11.4. The van der Waals surface area contributed by atoms with Crippen LogP contribution in [-0.4, -0.2) is 18.2 Å². The highest BCUT2D eigenvalue weighted by atomic mass is 31.2. The molecule has 0 radical (unpaired) electrons. The van der Waals surface area contributed by atoms with Crippen LogP contribution in [0.2, 0.25) is 0 Å². The first kappa shape index (κ1) is 13.2. The van der Waals surface area contributed by atoms with E-state index in [-0.39, 0.29) is 0 Å². The summed E-state index contributed by atoms with van der Waals surface area (Å²) in [6.45, 7) is 4.26. The first-order valence-corrected chi connectivity index (χ1v) is 7.48. The van der Waals surface area contributed by atoms with E-state index in [1.54, 1.807) is 20.0 Å². The van der Waals surface area contributed by atoms with Gasteiger partial charge in [0.1, 0.15) is 0 Å². The number of benzene rings is 1. The summed E-state index contributed by atoms with van der Waals surface area (Å²) in [6.07, 6.45) is 1.56. The summed E-state index contributed by atoms with van der Waals surface area (Å²) >= 11 is 0. The summed E-state index contributed by atoms with van der Waals surface area (Å²) in [5, 5.41) is 1.43. The number of fused-ring (bicyclic) bond motifs is 1. The van der Waals surface area contributed by atoms with Crippen LogP contribution in [0.15, 0.2) is 36.5 Å². The maximum Gasteiger partial charge on any atom is 0.362 e. The number of rotatable bonds is 5. The quantitative estimate of drug-likeness (QED) is 0.779. The number of nitrogens with zero attached hydrogens (tertiary/aromatic N) is 1. The summed E-state index contributed by atoms with van der Waals surface area (Å²) in [6, 6.07) is 9.48. The molecule has 0 aliphatic carbocycles. The first-order chi connectivity index (χ1) is 8.69. The van der Waals surface area contributed by atoms with Crippen molar-refractivity contribution in [2.75, 3.05) is 13.2 Å². The molecule has 1 aromatic carbocycles. The third-order valence-corrected chi connectivity index (χ3v) is 4.56. The topological polar surface area (TPSA) is 48.4 Å². The van der Waals surface area contributed by atoms with Crippen LogP contribution in [0.1, 0.15) is 13.8 Å². The van der Waals surface area contributed by atoms with Gasteiger partial charge in [0.15, 0.2) is 0 Å². The molecule has 4 nitrogen and oxygen atoms in total. The average Bonchev–Trinajstić information content (AvgIpc) is 2.39. The third-order valence-electron chi connectivity index (χ3n) is 2.49. The Morgan fingerprint density at radius 1 is 1.17 bits per heavy atom. The van der Waals surface area contributed by atoms with Crippen LogP contribution < -0.4 is 5.30 Å². The largest absolute Gasteiger partial charge is 0.362 e. The Labute approximate surface area is 106 Å². The minimum atomic E-state index is -3.24. The molecule has 0 aliphatic rings. The van der Waals surface area contributed by atoms with Gasteiger partial charge >= 0.3 is 7.60 Å². The van der Waals surface area contributed by atoms with Gasteiger partial charge in [0.2, 0.25) is 0 Å². The van der Waals surface area contributed by atoms with E-state index in [0.29, 0.717) is 18.5 Å². The molecule has 0 aliphatic heterocycles. The van der Waals surface area contributed by atoms with Gasteiger partial charge in [-0.15, -0.1) is 0 Å². The Hall–Kier alpha value is -1.22. The van der Waals surface area contributed by atoms with Gasteiger partial charge < -0.3 is 9.05 Å². The molecule has 0 N–H and O–H groups in total. The maximum atomic E-state index is 12.6. The second kappa shape index (κ2) is 5.61. The summed E-state index contributed by atoms with van der Waals surface area (Å²) in [5.41, 5.74) is 0.862. The molecule has 0 spiro atoms. The van der Waals surface area contributed by atoms with Crippen LogP contribution in [0.25, 0.3) is 10.9 Å². The minimum Gasteiger partial charge on any atom is -0.305 e. The maximum absolute atomic E-state index is 12.6. The van der Waals surface area contributed by atoms with Gasteiger partial charge in [0, 0.05) is 11.6 Å². The van der Waals surface area contributed by atoms with Crippen molar-refractivity contribution in [1.82, 2.24) is 4.98 Å². The van der Waals surface area contributed by atoms with Gasteiger partial charge in [-0.1, -0.05) is 18.2 Å². The Morgan fingerprint density at radius 3 is 2.50 bits per heavy atom. The van der Waals surface area contributed by atoms with Gasteiger partial charge in [0.05, 0.1) is 24.0 Å². The number of pyridine rings is 1. The molecule has 96 valence electrons. The lowest BCUT2D eigenvalue weighted by molar-refractivity contribution is 0.230. The molecule has 0 saturated heterocycles. The van der Waals surface area contributed by atoms with Crippen LogP contribution in [0.3, 0.4) is 0 Å². The fourth-order valence-corrected chi connectivity index (χ4v) is 3.28. The summed E-state index contributed by atoms with van der Waals surface area (Å²) < 4.78 is 23.2. The normalized spacial score (nSPS) is 11.9. The number of aromatic nitrogens is 1. The Morgan fingerprint density at radius 2 is 1.83 bits per heavy atom. The van der Waals surface area contributed by atoms with E-state index in [2.05, 4.69) is 4.98 Å².